The molecule has 0 spiro atoms. The van der Waals surface area contributed by atoms with E-state index < -0.39 is 22.0 Å². The van der Waals surface area contributed by atoms with Crippen LogP contribution in [0.1, 0.15) is 26.6 Å². The van der Waals surface area contributed by atoms with Crippen molar-refractivity contribution in [2.24, 2.45) is 0 Å². The normalized spacial score (nSPS) is 12.5. The van der Waals surface area contributed by atoms with Crippen molar-refractivity contribution in [3.8, 4) is 0 Å². The van der Waals surface area contributed by atoms with Gasteiger partial charge in [0, 0.05) is 19.2 Å². The Balaban J connectivity index is 1.64. The van der Waals surface area contributed by atoms with Crippen LogP contribution in [0.5, 0.6) is 0 Å². The molecule has 0 radical (unpaired) electrons. The van der Waals surface area contributed by atoms with Crippen LogP contribution in [0.2, 0.25) is 0 Å². The van der Waals surface area contributed by atoms with Crippen molar-refractivity contribution >= 4 is 38.6 Å². The topological polar surface area (TPSA) is 122 Å². The van der Waals surface area contributed by atoms with Gasteiger partial charge in [-0.15, -0.1) is 0 Å². The number of rotatable bonds is 8. The SMILES string of the molecule is CCn1c(CNC(=O)[C@H](C)NS(=O)(=O)c2ccc(NC(C)=O)cc2)nc2ccccc21. The fourth-order valence-corrected chi connectivity index (χ4v) is 4.41. The second-order valence-electron chi connectivity index (χ2n) is 7.03. The number of aryl methyl sites for hydroxylation is 1. The Labute approximate surface area is 180 Å². The highest BCUT2D eigenvalue weighted by Crippen LogP contribution is 2.16. The minimum Gasteiger partial charge on any atom is -0.347 e. The van der Waals surface area contributed by atoms with Crippen molar-refractivity contribution < 1.29 is 18.0 Å². The van der Waals surface area contributed by atoms with Gasteiger partial charge in [-0.25, -0.2) is 13.4 Å². The zero-order chi connectivity index (χ0) is 22.6. The van der Waals surface area contributed by atoms with Crippen LogP contribution in [-0.2, 0) is 32.7 Å². The lowest BCUT2D eigenvalue weighted by Gasteiger charge is -2.15. The number of aromatic nitrogens is 2. The molecule has 0 aliphatic rings. The molecular weight excluding hydrogens is 418 g/mol. The van der Waals surface area contributed by atoms with Crippen LogP contribution < -0.4 is 15.4 Å². The molecule has 0 saturated carbocycles. The lowest BCUT2D eigenvalue weighted by atomic mass is 10.3. The van der Waals surface area contributed by atoms with Gasteiger partial charge in [0.05, 0.1) is 28.5 Å². The van der Waals surface area contributed by atoms with Crippen molar-refractivity contribution in [1.29, 1.82) is 0 Å². The maximum absolute atomic E-state index is 12.6. The van der Waals surface area contributed by atoms with Gasteiger partial charge in [0.15, 0.2) is 0 Å². The second-order valence-corrected chi connectivity index (χ2v) is 8.74. The summed E-state index contributed by atoms with van der Waals surface area (Å²) in [6.45, 7) is 5.71. The Hall–Kier alpha value is -3.24. The van der Waals surface area contributed by atoms with Crippen molar-refractivity contribution in [1.82, 2.24) is 19.6 Å². The number of hydrogen-bond acceptors (Lipinski definition) is 5. The zero-order valence-corrected chi connectivity index (χ0v) is 18.4. The number of para-hydroxylation sites is 2. The molecule has 1 aromatic heterocycles. The summed E-state index contributed by atoms with van der Waals surface area (Å²) in [7, 11) is -3.91. The number of nitrogens with zero attached hydrogens (tertiary/aromatic N) is 2. The maximum atomic E-state index is 12.6. The summed E-state index contributed by atoms with van der Waals surface area (Å²) < 4.78 is 29.5. The van der Waals surface area contributed by atoms with Gasteiger partial charge in [-0.2, -0.15) is 4.72 Å². The third-order valence-corrected chi connectivity index (χ3v) is 6.24. The van der Waals surface area contributed by atoms with E-state index in [-0.39, 0.29) is 17.3 Å². The lowest BCUT2D eigenvalue weighted by molar-refractivity contribution is -0.122. The summed E-state index contributed by atoms with van der Waals surface area (Å²) in [5.41, 5.74) is 2.30. The summed E-state index contributed by atoms with van der Waals surface area (Å²) in [6, 6.07) is 12.4. The van der Waals surface area contributed by atoms with Gasteiger partial charge in [0.25, 0.3) is 0 Å². The van der Waals surface area contributed by atoms with Crippen molar-refractivity contribution in [2.75, 3.05) is 5.32 Å². The van der Waals surface area contributed by atoms with Crippen molar-refractivity contribution in [2.45, 2.75) is 44.8 Å². The van der Waals surface area contributed by atoms with E-state index in [0.717, 1.165) is 11.0 Å². The molecular formula is C21H25N5O4S. The molecule has 164 valence electrons. The second kappa shape index (κ2) is 9.27. The van der Waals surface area contributed by atoms with E-state index in [0.29, 0.717) is 18.1 Å². The van der Waals surface area contributed by atoms with Crippen LogP contribution in [0.4, 0.5) is 5.69 Å². The Morgan fingerprint density at radius 2 is 1.77 bits per heavy atom. The van der Waals surface area contributed by atoms with Crippen LogP contribution in [0, 0.1) is 0 Å². The molecule has 3 N–H and O–H groups in total. The number of hydrogen-bond donors (Lipinski definition) is 3. The molecule has 0 aliphatic heterocycles. The van der Waals surface area contributed by atoms with Gasteiger partial charge in [-0.1, -0.05) is 12.1 Å². The molecule has 31 heavy (non-hydrogen) atoms. The first-order chi connectivity index (χ1) is 14.7. The molecule has 0 saturated heterocycles. The Morgan fingerprint density at radius 3 is 2.42 bits per heavy atom. The smallest absolute Gasteiger partial charge is 0.241 e. The minimum atomic E-state index is -3.91. The number of anilines is 1. The van der Waals surface area contributed by atoms with E-state index in [1.165, 1.54) is 38.1 Å². The van der Waals surface area contributed by atoms with Gasteiger partial charge in [-0.05, 0) is 50.2 Å². The van der Waals surface area contributed by atoms with Crippen LogP contribution in [-0.4, -0.2) is 35.8 Å². The number of carbonyl (C=O) groups excluding carboxylic acids is 2. The largest absolute Gasteiger partial charge is 0.347 e. The predicted octanol–water partition coefficient (Wildman–Crippen LogP) is 2.00. The van der Waals surface area contributed by atoms with E-state index in [1.54, 1.807) is 0 Å². The monoisotopic (exact) mass is 443 g/mol. The number of fused-ring (bicyclic) bond motifs is 1. The van der Waals surface area contributed by atoms with Gasteiger partial charge < -0.3 is 15.2 Å². The molecule has 10 heteroatoms. The minimum absolute atomic E-state index is 0.00553. The van der Waals surface area contributed by atoms with E-state index in [1.807, 2.05) is 35.8 Å². The number of carbonyl (C=O) groups is 2. The highest BCUT2D eigenvalue weighted by molar-refractivity contribution is 7.89. The van der Waals surface area contributed by atoms with Crippen LogP contribution >= 0.6 is 0 Å². The summed E-state index contributed by atoms with van der Waals surface area (Å²) in [5.74, 6) is -0.0237. The molecule has 2 aromatic carbocycles. The highest BCUT2D eigenvalue weighted by atomic mass is 32.2. The average Bonchev–Trinajstić information content (AvgIpc) is 3.09. The van der Waals surface area contributed by atoms with Gasteiger partial charge in [0.1, 0.15) is 5.82 Å². The molecule has 3 aromatic rings. The number of nitrogens with one attached hydrogen (secondary N) is 3. The van der Waals surface area contributed by atoms with Crippen molar-refractivity contribution in [3.05, 3.63) is 54.4 Å². The fraction of sp³-hybridized carbons (Fsp3) is 0.286. The third kappa shape index (κ3) is 5.28. The lowest BCUT2D eigenvalue weighted by Crippen LogP contribution is -2.44. The quantitative estimate of drug-likeness (QED) is 0.492. The van der Waals surface area contributed by atoms with Gasteiger partial charge in [-0.3, -0.25) is 9.59 Å². The summed E-state index contributed by atoms with van der Waals surface area (Å²) >= 11 is 0. The summed E-state index contributed by atoms with van der Waals surface area (Å²) in [4.78, 5) is 28.1. The highest BCUT2D eigenvalue weighted by Gasteiger charge is 2.22. The van der Waals surface area contributed by atoms with Gasteiger partial charge in [0.2, 0.25) is 21.8 Å². The zero-order valence-electron chi connectivity index (χ0n) is 17.5. The van der Waals surface area contributed by atoms with Crippen LogP contribution in [0.25, 0.3) is 11.0 Å². The first kappa shape index (κ1) is 22.4. The third-order valence-electron chi connectivity index (χ3n) is 4.68. The van der Waals surface area contributed by atoms with E-state index in [2.05, 4.69) is 20.3 Å². The molecule has 1 atom stereocenters. The van der Waals surface area contributed by atoms with E-state index in [4.69, 9.17) is 0 Å². The number of benzene rings is 2. The molecule has 0 aliphatic carbocycles. The predicted molar refractivity (Wildman–Crippen MR) is 118 cm³/mol. The molecule has 0 fully saturated rings. The molecule has 2 amide bonds. The van der Waals surface area contributed by atoms with E-state index in [9.17, 15) is 18.0 Å². The van der Waals surface area contributed by atoms with E-state index >= 15 is 0 Å². The van der Waals surface area contributed by atoms with Gasteiger partial charge >= 0.3 is 0 Å². The Bertz CT molecular complexity index is 1200. The first-order valence-corrected chi connectivity index (χ1v) is 11.3. The van der Waals surface area contributed by atoms with Crippen LogP contribution in [0.15, 0.2) is 53.4 Å². The number of imidazole rings is 1. The summed E-state index contributed by atoms with van der Waals surface area (Å²) in [5, 5.41) is 5.31. The van der Waals surface area contributed by atoms with Crippen molar-refractivity contribution in [3.63, 3.8) is 0 Å². The molecule has 0 unspecified atom stereocenters. The Morgan fingerprint density at radius 1 is 1.10 bits per heavy atom. The van der Waals surface area contributed by atoms with Crippen LogP contribution in [0.3, 0.4) is 0 Å². The number of amides is 2. The molecule has 0 bridgehead atoms. The Kier molecular flexibility index (Phi) is 6.71. The molecule has 9 nitrogen and oxygen atoms in total. The first-order valence-electron chi connectivity index (χ1n) is 9.83. The average molecular weight is 444 g/mol. The summed E-state index contributed by atoms with van der Waals surface area (Å²) in [6.07, 6.45) is 0. The fourth-order valence-electron chi connectivity index (χ4n) is 3.21. The molecule has 3 rings (SSSR count). The maximum Gasteiger partial charge on any atom is 0.241 e. The number of sulfonamides is 1. The molecule has 1 heterocycles. The standard InChI is InChI=1S/C21H25N5O4S/c1-4-26-19-8-6-5-7-18(19)24-20(26)13-22-21(28)14(2)25-31(29,30)17-11-9-16(10-12-17)23-15(3)27/h5-12,14,25H,4,13H2,1-3H3,(H,22,28)(H,23,27)/t14-/m0/s1.